The van der Waals surface area contributed by atoms with Crippen molar-refractivity contribution in [3.63, 3.8) is 0 Å². The van der Waals surface area contributed by atoms with Crippen LogP contribution in [0.4, 0.5) is 0 Å². The summed E-state index contributed by atoms with van der Waals surface area (Å²) < 4.78 is 13.5. The molecule has 0 saturated heterocycles. The zero-order chi connectivity index (χ0) is 95.3. The largest absolute Gasteiger partial charge is 0.307 e. The van der Waals surface area contributed by atoms with E-state index in [2.05, 4.69) is 373 Å². The van der Waals surface area contributed by atoms with Crippen LogP contribution in [0, 0.1) is 0 Å². The molecule has 0 amide bonds. The van der Waals surface area contributed by atoms with E-state index in [1.165, 1.54) is 11.1 Å². The fourth-order valence-electron chi connectivity index (χ4n) is 20.0. The zero-order valence-electron chi connectivity index (χ0n) is 77.5. The molecule has 0 aliphatic carbocycles. The minimum atomic E-state index is 0.521. The van der Waals surface area contributed by atoms with Crippen LogP contribution in [-0.4, -0.2) is 82.2 Å². The lowest BCUT2D eigenvalue weighted by molar-refractivity contribution is 0.949. The van der Waals surface area contributed by atoms with Gasteiger partial charge in [-0.1, -0.05) is 437 Å². The lowest BCUT2D eigenvalue weighted by Crippen LogP contribution is -2.06. The SMILES string of the molecule is c1ccc(-c2cc(-c3ccccc3)nc(-n3c4ccccc4c4c3c3ccccc3n4-c3ccccc3)n2)cc1.c1ccc(-c2ccc(-c3nc(-c4ccc(-c5ccccc5)cc4)nc(-n4c5ccccc5c5c4c4ccccc4n5-c4ccccc4)n3)cc2)cc1.c1ccc(-c2nc(-c3ccccc3)nc(-n3c4ccccc4c4c3c3ccccc3n4-c3nc(-c4ccccc4)nc(-c4ccccc4)n3)n2)cc1. The van der Waals surface area contributed by atoms with Gasteiger partial charge >= 0.3 is 0 Å². The molecular weight excluding hydrogens is 1760 g/mol. The molecule has 28 aromatic rings. The molecule has 0 spiro atoms. The van der Waals surface area contributed by atoms with E-state index in [4.69, 9.17) is 54.8 Å². The summed E-state index contributed by atoms with van der Waals surface area (Å²) >= 11 is 0. The Labute approximate surface area is 827 Å². The van der Waals surface area contributed by atoms with Crippen molar-refractivity contribution in [1.82, 2.24) is 82.2 Å². The predicted octanol–water partition coefficient (Wildman–Crippen LogP) is 30.2. The van der Waals surface area contributed by atoms with Crippen molar-refractivity contribution in [3.05, 3.63) is 504 Å². The zero-order valence-corrected chi connectivity index (χ0v) is 77.5. The van der Waals surface area contributed by atoms with Crippen LogP contribution in [-0.2, 0) is 0 Å². The Kier molecular flexibility index (Phi) is 21.5. The van der Waals surface area contributed by atoms with Gasteiger partial charge in [0, 0.05) is 88.2 Å². The summed E-state index contributed by atoms with van der Waals surface area (Å²) in [6, 6.07) is 173. The molecule has 28 rings (SSSR count). The van der Waals surface area contributed by atoms with Crippen LogP contribution >= 0.6 is 0 Å². The number of hydrogen-bond acceptors (Lipinski definition) is 11. The van der Waals surface area contributed by atoms with Crippen LogP contribution < -0.4 is 0 Å². The molecule has 0 radical (unpaired) electrons. The van der Waals surface area contributed by atoms with E-state index in [0.717, 1.165) is 177 Å². The van der Waals surface area contributed by atoms with Gasteiger partial charge in [-0.25, -0.2) is 24.9 Å². The summed E-state index contributed by atoms with van der Waals surface area (Å²) in [4.78, 5) is 56.6. The third-order valence-corrected chi connectivity index (χ3v) is 26.6. The monoisotopic (exact) mass is 1850 g/mol. The first-order chi connectivity index (χ1) is 71.5. The molecule has 0 aliphatic rings. The summed E-state index contributed by atoms with van der Waals surface area (Å²) in [5.41, 5.74) is 28.8. The van der Waals surface area contributed by atoms with Gasteiger partial charge in [0.1, 0.15) is 0 Å². The van der Waals surface area contributed by atoms with E-state index >= 15 is 0 Å². The van der Waals surface area contributed by atoms with Crippen LogP contribution in [0.1, 0.15) is 0 Å². The number of rotatable bonds is 16. The molecule has 0 bridgehead atoms. The maximum absolute atomic E-state index is 5.26. The fraction of sp³-hybridized carbons (Fsp3) is 0. The summed E-state index contributed by atoms with van der Waals surface area (Å²) in [7, 11) is 0. The Balaban J connectivity index is 0.000000111. The van der Waals surface area contributed by atoms with Crippen molar-refractivity contribution >= 4 is 98.5 Å². The van der Waals surface area contributed by atoms with E-state index in [1.807, 2.05) is 158 Å². The lowest BCUT2D eigenvalue weighted by Gasteiger charge is -2.12. The van der Waals surface area contributed by atoms with Crippen molar-refractivity contribution in [1.29, 1.82) is 0 Å². The highest BCUT2D eigenvalue weighted by atomic mass is 15.3. The molecule has 0 atom stereocenters. The molecule has 0 N–H and O–H groups in total. The van der Waals surface area contributed by atoms with Crippen molar-refractivity contribution in [3.8, 4) is 148 Å². The first kappa shape index (κ1) is 84.6. The quantitative estimate of drug-likeness (QED) is 0.0901. The highest BCUT2D eigenvalue weighted by Gasteiger charge is 2.30. The summed E-state index contributed by atoms with van der Waals surface area (Å²) in [6.45, 7) is 0. The number of aromatic nitrogens is 17. The minimum absolute atomic E-state index is 0.521. The van der Waals surface area contributed by atoms with Crippen molar-refractivity contribution in [2.24, 2.45) is 0 Å². The van der Waals surface area contributed by atoms with Crippen LogP contribution in [0.15, 0.2) is 504 Å². The molecule has 18 aromatic carbocycles. The number of fused-ring (bicyclic) bond motifs is 15. The first-order valence-corrected chi connectivity index (χ1v) is 48.0. The fourth-order valence-corrected chi connectivity index (χ4v) is 20.0. The molecule has 17 heteroatoms. The maximum atomic E-state index is 5.26. The van der Waals surface area contributed by atoms with E-state index < -0.39 is 0 Å². The van der Waals surface area contributed by atoms with Gasteiger partial charge < -0.3 is 9.13 Å². The van der Waals surface area contributed by atoms with Gasteiger partial charge in [0.2, 0.25) is 23.8 Å². The molecule has 144 heavy (non-hydrogen) atoms. The predicted molar refractivity (Wildman–Crippen MR) is 583 cm³/mol. The highest BCUT2D eigenvalue weighted by molar-refractivity contribution is 6.22. The lowest BCUT2D eigenvalue weighted by atomic mass is 10.0. The third-order valence-electron chi connectivity index (χ3n) is 26.6. The van der Waals surface area contributed by atoms with Gasteiger partial charge in [0.25, 0.3) is 0 Å². The molecule has 0 aliphatic heterocycles. The second kappa shape index (κ2) is 36.5. The van der Waals surface area contributed by atoms with Gasteiger partial charge in [-0.3, -0.25) is 18.3 Å². The smallest absolute Gasteiger partial charge is 0.238 e. The molecule has 10 aromatic heterocycles. The Bertz CT molecular complexity index is 9150. The summed E-state index contributed by atoms with van der Waals surface area (Å²) in [5, 5.41) is 6.60. The standard InChI is InChI=1S/C47H31N5.C44H28N8.C36H24N4/c1-4-14-32(15-5-1)34-24-28-36(29-25-34)45-48-46(37-30-26-35(27-31-37)33-16-6-2-7-17-33)50-47(49-45)52-42-23-13-11-21-40(42)43-44(52)39-20-10-12-22-41(39)51(43)38-18-8-3-9-19-38;1-5-17-29(18-6-1)39-45-40(30-19-7-2-8-20-30)48-43(47-39)51-35-27-15-13-25-33(35)38-37(51)34-26-14-16-28-36(34)52(38)44-49-41(31-21-9-3-10-22-31)46-42(50-44)32-23-11-4-12-24-32;1-4-14-25(15-5-1)30-24-31(26-16-6-2-7-17-26)38-36(37-30)40-33-23-13-11-21-29(33)34-35(40)28-20-10-12-22-32(28)39(34)27-18-8-3-9-19-27/h1-31H;1-28H;1-24H. The maximum Gasteiger partial charge on any atom is 0.238 e. The Morgan fingerprint density at radius 1 is 0.118 bits per heavy atom. The highest BCUT2D eigenvalue weighted by Crippen LogP contribution is 2.46. The second-order valence-electron chi connectivity index (χ2n) is 35.2. The summed E-state index contributed by atoms with van der Waals surface area (Å²) in [5.74, 6) is 5.87. The Morgan fingerprint density at radius 3 is 0.514 bits per heavy atom. The van der Waals surface area contributed by atoms with Crippen LogP contribution in [0.5, 0.6) is 0 Å². The van der Waals surface area contributed by atoms with Gasteiger partial charge in [-0.05, 0) is 89.0 Å². The average molecular weight is 1850 g/mol. The molecule has 676 valence electrons. The second-order valence-corrected chi connectivity index (χ2v) is 35.2. The van der Waals surface area contributed by atoms with E-state index in [0.29, 0.717) is 58.7 Å². The van der Waals surface area contributed by atoms with E-state index in [-0.39, 0.29) is 0 Å². The van der Waals surface area contributed by atoms with Gasteiger partial charge in [-0.15, -0.1) is 0 Å². The number of benzene rings is 18. The first-order valence-electron chi connectivity index (χ1n) is 48.0. The molecule has 0 unspecified atom stereocenters. The van der Waals surface area contributed by atoms with E-state index in [1.54, 1.807) is 0 Å². The van der Waals surface area contributed by atoms with Crippen molar-refractivity contribution in [2.75, 3.05) is 0 Å². The normalized spacial score (nSPS) is 11.5. The Hall–Kier alpha value is -19.9. The van der Waals surface area contributed by atoms with Crippen LogP contribution in [0.25, 0.3) is 247 Å². The number of nitrogens with zero attached hydrogens (tertiary/aromatic N) is 17. The number of para-hydroxylation sites is 8. The summed E-state index contributed by atoms with van der Waals surface area (Å²) in [6.07, 6.45) is 0. The van der Waals surface area contributed by atoms with Crippen molar-refractivity contribution < 1.29 is 0 Å². The third kappa shape index (κ3) is 15.3. The van der Waals surface area contributed by atoms with Crippen molar-refractivity contribution in [2.45, 2.75) is 0 Å². The molecule has 0 saturated carbocycles. The van der Waals surface area contributed by atoms with E-state index in [9.17, 15) is 0 Å². The van der Waals surface area contributed by atoms with Gasteiger partial charge in [0.15, 0.2) is 34.9 Å². The van der Waals surface area contributed by atoms with Crippen LogP contribution in [0.3, 0.4) is 0 Å². The molecular formula is C127H83N17. The minimum Gasteiger partial charge on any atom is -0.307 e. The number of hydrogen-bond donors (Lipinski definition) is 0. The molecule has 0 fully saturated rings. The van der Waals surface area contributed by atoms with Gasteiger partial charge in [-0.2, -0.15) is 29.9 Å². The molecule has 17 nitrogen and oxygen atoms in total. The van der Waals surface area contributed by atoms with Crippen LogP contribution in [0.2, 0.25) is 0 Å². The molecule has 10 heterocycles. The topological polar surface area (TPSA) is 171 Å². The average Bonchev–Trinajstić information content (AvgIpc) is 1.55. The Morgan fingerprint density at radius 2 is 0.278 bits per heavy atom. The van der Waals surface area contributed by atoms with Gasteiger partial charge in [0.05, 0.1) is 77.6 Å².